The molecule has 0 radical (unpaired) electrons. The Morgan fingerprint density at radius 1 is 1.38 bits per heavy atom. The normalized spacial score (nSPS) is 12.0. The van der Waals surface area contributed by atoms with Crippen LogP contribution in [0.4, 0.5) is 0 Å². The quantitative estimate of drug-likeness (QED) is 0.470. The third kappa shape index (κ3) is 7.62. The number of aliphatic hydroxyl groups is 1. The second-order valence-corrected chi connectivity index (χ2v) is 5.51. The van der Waals surface area contributed by atoms with Crippen LogP contribution in [0, 0.1) is 0 Å². The number of rotatable bonds is 12. The van der Waals surface area contributed by atoms with Gasteiger partial charge in [0.2, 0.25) is 0 Å². The minimum atomic E-state index is -0.621. The number of benzene rings is 1. The molecule has 1 N–H and O–H groups in total. The van der Waals surface area contributed by atoms with Crippen LogP contribution in [0.1, 0.15) is 25.8 Å². The van der Waals surface area contributed by atoms with Crippen molar-refractivity contribution in [2.24, 2.45) is 0 Å². The molecular weight excluding hydrogens is 306 g/mol. The van der Waals surface area contributed by atoms with Crippen LogP contribution in [-0.4, -0.2) is 54.9 Å². The number of carbonyl (C=O) groups is 1. The van der Waals surface area contributed by atoms with Gasteiger partial charge < -0.3 is 19.5 Å². The van der Waals surface area contributed by atoms with Crippen molar-refractivity contribution in [3.8, 4) is 5.75 Å². The fraction of sp³-hybridized carbons (Fsp3) is 0.526. The first-order valence-electron chi connectivity index (χ1n) is 8.48. The maximum atomic E-state index is 11.4. The summed E-state index contributed by atoms with van der Waals surface area (Å²) >= 11 is 0. The Bertz CT molecular complexity index is 504. The monoisotopic (exact) mass is 335 g/mol. The van der Waals surface area contributed by atoms with Crippen LogP contribution in [0.5, 0.6) is 5.75 Å². The largest absolute Gasteiger partial charge is 0.491 e. The molecule has 0 bridgehead atoms. The van der Waals surface area contributed by atoms with Gasteiger partial charge in [-0.15, -0.1) is 6.58 Å². The molecule has 1 unspecified atom stereocenters. The highest BCUT2D eigenvalue weighted by Crippen LogP contribution is 2.19. The minimum absolute atomic E-state index is 0.208. The van der Waals surface area contributed by atoms with Crippen molar-refractivity contribution in [3.05, 3.63) is 42.5 Å². The van der Waals surface area contributed by atoms with Gasteiger partial charge in [-0.2, -0.15) is 0 Å². The zero-order valence-electron chi connectivity index (χ0n) is 14.7. The molecule has 0 fully saturated rings. The fourth-order valence-electron chi connectivity index (χ4n) is 2.37. The number of likely N-dealkylation sites (N-methyl/N-ethyl adjacent to an activating group) is 1. The van der Waals surface area contributed by atoms with Crippen LogP contribution in [0.2, 0.25) is 0 Å². The molecule has 1 atom stereocenters. The summed E-state index contributed by atoms with van der Waals surface area (Å²) in [7, 11) is 0. The van der Waals surface area contributed by atoms with Gasteiger partial charge in [0.15, 0.2) is 0 Å². The van der Waals surface area contributed by atoms with Gasteiger partial charge in [-0.3, -0.25) is 4.79 Å². The van der Waals surface area contributed by atoms with E-state index in [1.165, 1.54) is 0 Å². The molecule has 5 heteroatoms. The molecule has 0 spiro atoms. The number of para-hydroxylation sites is 1. The van der Waals surface area contributed by atoms with E-state index in [1.807, 2.05) is 42.2 Å². The number of nitrogens with zero attached hydrogens (tertiary/aromatic N) is 1. The molecule has 1 rings (SSSR count). The molecular formula is C19H29NO4. The molecule has 0 aliphatic heterocycles. The highest BCUT2D eigenvalue weighted by atomic mass is 16.5. The Morgan fingerprint density at radius 3 is 2.79 bits per heavy atom. The van der Waals surface area contributed by atoms with Gasteiger partial charge in [-0.05, 0) is 31.5 Å². The average Bonchev–Trinajstić information content (AvgIpc) is 2.58. The first-order chi connectivity index (χ1) is 11.6. The van der Waals surface area contributed by atoms with E-state index >= 15 is 0 Å². The van der Waals surface area contributed by atoms with Gasteiger partial charge in [-0.1, -0.05) is 31.2 Å². The molecule has 0 aliphatic rings. The lowest BCUT2D eigenvalue weighted by molar-refractivity contribution is -0.143. The Balaban J connectivity index is 2.42. The van der Waals surface area contributed by atoms with Crippen molar-refractivity contribution in [2.75, 3.05) is 32.8 Å². The van der Waals surface area contributed by atoms with E-state index in [2.05, 4.69) is 6.58 Å². The van der Waals surface area contributed by atoms with Crippen molar-refractivity contribution in [1.82, 2.24) is 4.90 Å². The number of esters is 1. The van der Waals surface area contributed by atoms with Crippen molar-refractivity contribution in [1.29, 1.82) is 0 Å². The first kappa shape index (κ1) is 20.2. The number of hydrogen-bond acceptors (Lipinski definition) is 5. The second-order valence-electron chi connectivity index (χ2n) is 5.51. The van der Waals surface area contributed by atoms with Crippen LogP contribution in [0.15, 0.2) is 36.9 Å². The highest BCUT2D eigenvalue weighted by molar-refractivity contribution is 5.69. The summed E-state index contributed by atoms with van der Waals surface area (Å²) < 4.78 is 10.7. The predicted molar refractivity (Wildman–Crippen MR) is 95.2 cm³/mol. The Hall–Kier alpha value is -1.85. The molecule has 0 aliphatic carbocycles. The average molecular weight is 335 g/mol. The van der Waals surface area contributed by atoms with E-state index < -0.39 is 6.10 Å². The summed E-state index contributed by atoms with van der Waals surface area (Å²) in [5.41, 5.74) is 1.05. The Morgan fingerprint density at radius 2 is 2.12 bits per heavy atom. The Kier molecular flexibility index (Phi) is 9.80. The van der Waals surface area contributed by atoms with Gasteiger partial charge >= 0.3 is 5.97 Å². The third-order valence-electron chi connectivity index (χ3n) is 3.62. The third-order valence-corrected chi connectivity index (χ3v) is 3.62. The lowest BCUT2D eigenvalue weighted by Gasteiger charge is -2.23. The number of ether oxygens (including phenoxy) is 2. The van der Waals surface area contributed by atoms with Crippen LogP contribution >= 0.6 is 0 Å². The lowest BCUT2D eigenvalue weighted by Crippen LogP contribution is -2.37. The first-order valence-corrected chi connectivity index (χ1v) is 8.48. The van der Waals surface area contributed by atoms with Gasteiger partial charge in [0.1, 0.15) is 18.5 Å². The molecule has 5 nitrogen and oxygen atoms in total. The Labute approximate surface area is 144 Å². The number of hydrogen-bond donors (Lipinski definition) is 1. The zero-order valence-corrected chi connectivity index (χ0v) is 14.7. The smallest absolute Gasteiger partial charge is 0.307 e. The van der Waals surface area contributed by atoms with Gasteiger partial charge in [0.25, 0.3) is 0 Å². The number of aliphatic hydroxyl groups excluding tert-OH is 1. The summed E-state index contributed by atoms with van der Waals surface area (Å²) in [6.45, 7) is 9.92. The molecule has 0 saturated carbocycles. The number of carbonyl (C=O) groups excluding carboxylic acids is 1. The zero-order chi connectivity index (χ0) is 17.8. The number of allylic oxidation sites excluding steroid dienone is 1. The molecule has 1 aromatic rings. The molecule has 134 valence electrons. The van der Waals surface area contributed by atoms with Crippen LogP contribution < -0.4 is 4.74 Å². The second kappa shape index (κ2) is 11.6. The molecule has 0 amide bonds. The molecule has 0 heterocycles. The van der Waals surface area contributed by atoms with E-state index in [1.54, 1.807) is 6.92 Å². The molecule has 24 heavy (non-hydrogen) atoms. The topological polar surface area (TPSA) is 59.0 Å². The van der Waals surface area contributed by atoms with E-state index in [0.717, 1.165) is 24.3 Å². The predicted octanol–water partition coefficient (Wildman–Crippen LogP) is 2.43. The maximum Gasteiger partial charge on any atom is 0.307 e. The standard InChI is InChI=1S/C19H29NO4/c1-4-9-16-10-7-8-11-18(16)24-15-17(21)14-20(5-2)13-12-19(22)23-6-3/h4,7-8,10-11,17,21H,1,5-6,9,12-15H2,2-3H3. The van der Waals surface area contributed by atoms with E-state index in [9.17, 15) is 9.90 Å². The summed E-state index contributed by atoms with van der Waals surface area (Å²) in [5.74, 6) is 0.561. The van der Waals surface area contributed by atoms with Gasteiger partial charge in [0.05, 0.1) is 13.0 Å². The lowest BCUT2D eigenvalue weighted by atomic mass is 10.1. The minimum Gasteiger partial charge on any atom is -0.491 e. The van der Waals surface area contributed by atoms with Crippen molar-refractivity contribution >= 4 is 5.97 Å². The maximum absolute atomic E-state index is 11.4. The van der Waals surface area contributed by atoms with Gasteiger partial charge in [0, 0.05) is 13.1 Å². The SMILES string of the molecule is C=CCc1ccccc1OCC(O)CN(CC)CCC(=O)OCC. The summed E-state index contributed by atoms with van der Waals surface area (Å²) in [4.78, 5) is 13.4. The van der Waals surface area contributed by atoms with Gasteiger partial charge in [-0.25, -0.2) is 0 Å². The summed E-state index contributed by atoms with van der Waals surface area (Å²) in [6.07, 6.45) is 2.26. The van der Waals surface area contributed by atoms with Crippen molar-refractivity contribution in [2.45, 2.75) is 32.8 Å². The fourth-order valence-corrected chi connectivity index (χ4v) is 2.37. The summed E-state index contributed by atoms with van der Waals surface area (Å²) in [6, 6.07) is 7.74. The summed E-state index contributed by atoms with van der Waals surface area (Å²) in [5, 5.41) is 10.2. The van der Waals surface area contributed by atoms with Crippen LogP contribution in [-0.2, 0) is 16.0 Å². The van der Waals surface area contributed by atoms with Crippen LogP contribution in [0.3, 0.4) is 0 Å². The highest BCUT2D eigenvalue weighted by Gasteiger charge is 2.13. The molecule has 0 saturated heterocycles. The van der Waals surface area contributed by atoms with E-state index in [4.69, 9.17) is 9.47 Å². The van der Waals surface area contributed by atoms with E-state index in [-0.39, 0.29) is 12.6 Å². The molecule has 1 aromatic carbocycles. The van der Waals surface area contributed by atoms with Crippen molar-refractivity contribution < 1.29 is 19.4 Å². The van der Waals surface area contributed by atoms with Crippen LogP contribution in [0.25, 0.3) is 0 Å². The molecule has 0 aromatic heterocycles. The van der Waals surface area contributed by atoms with Crippen molar-refractivity contribution in [3.63, 3.8) is 0 Å². The van der Waals surface area contributed by atoms with E-state index in [0.29, 0.717) is 26.1 Å².